The van der Waals surface area contributed by atoms with Crippen molar-refractivity contribution in [3.63, 3.8) is 0 Å². The van der Waals surface area contributed by atoms with Gasteiger partial charge in [-0.05, 0) is 36.4 Å². The van der Waals surface area contributed by atoms with Gasteiger partial charge in [0.05, 0.1) is 30.8 Å². The lowest BCUT2D eigenvalue weighted by Crippen LogP contribution is -2.36. The molecule has 6 nitrogen and oxygen atoms in total. The highest BCUT2D eigenvalue weighted by molar-refractivity contribution is 6.09. The topological polar surface area (TPSA) is 67.6 Å². The van der Waals surface area contributed by atoms with Crippen LogP contribution in [0.5, 0.6) is 0 Å². The molecule has 2 heterocycles. The molecule has 0 atom stereocenters. The number of aromatic nitrogens is 1. The minimum atomic E-state index is -0.358. The van der Waals surface area contributed by atoms with Crippen LogP contribution in [0.2, 0.25) is 0 Å². The second kappa shape index (κ2) is 7.59. The summed E-state index contributed by atoms with van der Waals surface area (Å²) >= 11 is 0. The minimum Gasteiger partial charge on any atom is -0.378 e. The number of nitrogens with zero attached hydrogens (tertiary/aromatic N) is 2. The van der Waals surface area contributed by atoms with E-state index in [0.29, 0.717) is 35.8 Å². The fourth-order valence-corrected chi connectivity index (χ4v) is 3.06. The smallest absolute Gasteiger partial charge is 0.261 e. The number of ether oxygens (including phenoxy) is 1. The van der Waals surface area contributed by atoms with Gasteiger partial charge in [0.15, 0.2) is 5.76 Å². The van der Waals surface area contributed by atoms with E-state index in [9.17, 15) is 9.18 Å². The van der Waals surface area contributed by atoms with Crippen LogP contribution in [-0.4, -0.2) is 37.4 Å². The van der Waals surface area contributed by atoms with Crippen LogP contribution >= 0.6 is 0 Å². The Morgan fingerprint density at radius 2 is 1.81 bits per heavy atom. The van der Waals surface area contributed by atoms with Crippen LogP contribution in [0.4, 0.5) is 15.8 Å². The summed E-state index contributed by atoms with van der Waals surface area (Å²) in [5.74, 6) is -0.392. The zero-order chi connectivity index (χ0) is 18.6. The molecule has 0 bridgehead atoms. The maximum absolute atomic E-state index is 13.2. The number of halogens is 1. The summed E-state index contributed by atoms with van der Waals surface area (Å²) in [5.41, 5.74) is 2.52. The number of hydrogen-bond acceptors (Lipinski definition) is 5. The van der Waals surface area contributed by atoms with E-state index in [1.54, 1.807) is 12.1 Å². The molecule has 0 saturated carbocycles. The maximum atomic E-state index is 13.2. The molecule has 1 aliphatic heterocycles. The normalized spacial score (nSPS) is 14.2. The largest absolute Gasteiger partial charge is 0.378 e. The van der Waals surface area contributed by atoms with Gasteiger partial charge in [-0.25, -0.2) is 4.39 Å². The van der Waals surface area contributed by atoms with E-state index in [1.807, 2.05) is 24.3 Å². The Hall–Kier alpha value is -3.19. The average Bonchev–Trinajstić information content (AvgIpc) is 3.20. The second-order valence-corrected chi connectivity index (χ2v) is 6.15. The molecule has 1 aliphatic rings. The number of morpholine rings is 1. The molecule has 0 unspecified atom stereocenters. The van der Waals surface area contributed by atoms with E-state index < -0.39 is 0 Å². The number of rotatable bonds is 4. The summed E-state index contributed by atoms with van der Waals surface area (Å²) in [6, 6.07) is 13.4. The molecule has 0 spiro atoms. The zero-order valence-electron chi connectivity index (χ0n) is 14.5. The van der Waals surface area contributed by atoms with Gasteiger partial charge in [0.1, 0.15) is 11.4 Å². The van der Waals surface area contributed by atoms with Crippen LogP contribution in [0.25, 0.3) is 11.3 Å². The Balaban J connectivity index is 1.59. The Bertz CT molecular complexity index is 934. The third-order valence-corrected chi connectivity index (χ3v) is 4.43. The average molecular weight is 367 g/mol. The predicted octanol–water partition coefficient (Wildman–Crippen LogP) is 3.57. The minimum absolute atomic E-state index is 0.290. The van der Waals surface area contributed by atoms with Crippen LogP contribution in [0, 0.1) is 5.82 Å². The van der Waals surface area contributed by atoms with E-state index in [2.05, 4.69) is 15.4 Å². The van der Waals surface area contributed by atoms with Crippen LogP contribution < -0.4 is 10.2 Å². The van der Waals surface area contributed by atoms with E-state index in [-0.39, 0.29) is 11.7 Å². The van der Waals surface area contributed by atoms with E-state index in [4.69, 9.17) is 9.26 Å². The lowest BCUT2D eigenvalue weighted by atomic mass is 10.1. The molecule has 2 aromatic carbocycles. The summed E-state index contributed by atoms with van der Waals surface area (Å²) in [6.07, 6.45) is 1.37. The van der Waals surface area contributed by atoms with Crippen molar-refractivity contribution >= 4 is 17.3 Å². The number of benzene rings is 2. The molecule has 138 valence electrons. The summed E-state index contributed by atoms with van der Waals surface area (Å²) in [7, 11) is 0. The summed E-state index contributed by atoms with van der Waals surface area (Å²) in [5, 5.41) is 6.68. The van der Waals surface area contributed by atoms with Crippen molar-refractivity contribution in [3.8, 4) is 11.3 Å². The first kappa shape index (κ1) is 17.2. The highest BCUT2D eigenvalue weighted by Gasteiger charge is 2.21. The van der Waals surface area contributed by atoms with Crippen molar-refractivity contribution in [1.29, 1.82) is 0 Å². The van der Waals surface area contributed by atoms with Gasteiger partial charge in [-0.15, -0.1) is 0 Å². The van der Waals surface area contributed by atoms with Gasteiger partial charge < -0.3 is 19.5 Å². The second-order valence-electron chi connectivity index (χ2n) is 6.15. The Kier molecular flexibility index (Phi) is 4.84. The quantitative estimate of drug-likeness (QED) is 0.764. The number of nitrogens with one attached hydrogen (secondary N) is 1. The van der Waals surface area contributed by atoms with Gasteiger partial charge in [-0.1, -0.05) is 17.3 Å². The Labute approximate surface area is 155 Å². The molecule has 1 saturated heterocycles. The first-order chi connectivity index (χ1) is 13.2. The highest BCUT2D eigenvalue weighted by atomic mass is 19.1. The number of hydrogen-bond donors (Lipinski definition) is 1. The molecule has 0 aliphatic carbocycles. The monoisotopic (exact) mass is 367 g/mol. The van der Waals surface area contributed by atoms with Crippen molar-refractivity contribution in [1.82, 2.24) is 5.16 Å². The van der Waals surface area contributed by atoms with Crippen molar-refractivity contribution in [2.24, 2.45) is 0 Å². The summed E-state index contributed by atoms with van der Waals surface area (Å²) in [6.45, 7) is 2.84. The Morgan fingerprint density at radius 3 is 2.59 bits per heavy atom. The molecule has 4 rings (SSSR count). The predicted molar refractivity (Wildman–Crippen MR) is 99.3 cm³/mol. The van der Waals surface area contributed by atoms with Crippen LogP contribution in [0.3, 0.4) is 0 Å². The van der Waals surface area contributed by atoms with E-state index in [1.165, 1.54) is 18.3 Å². The molecular weight excluding hydrogens is 349 g/mol. The molecule has 27 heavy (non-hydrogen) atoms. The highest BCUT2D eigenvalue weighted by Crippen LogP contribution is 2.29. The van der Waals surface area contributed by atoms with Gasteiger partial charge in [0, 0.05) is 18.7 Å². The lowest BCUT2D eigenvalue weighted by molar-refractivity contribution is 0.102. The van der Waals surface area contributed by atoms with Crippen LogP contribution in [-0.2, 0) is 4.74 Å². The van der Waals surface area contributed by atoms with Gasteiger partial charge in [0.25, 0.3) is 5.91 Å². The van der Waals surface area contributed by atoms with Crippen molar-refractivity contribution in [2.75, 3.05) is 36.5 Å². The number of amides is 1. The number of anilines is 2. The first-order valence-electron chi connectivity index (χ1n) is 8.66. The molecule has 1 fully saturated rings. The van der Waals surface area contributed by atoms with Gasteiger partial charge in [-0.3, -0.25) is 4.79 Å². The third-order valence-electron chi connectivity index (χ3n) is 4.43. The van der Waals surface area contributed by atoms with Crippen molar-refractivity contribution < 1.29 is 18.4 Å². The zero-order valence-corrected chi connectivity index (χ0v) is 14.5. The molecule has 1 amide bonds. The van der Waals surface area contributed by atoms with Crippen molar-refractivity contribution in [2.45, 2.75) is 0 Å². The first-order valence-corrected chi connectivity index (χ1v) is 8.66. The molecule has 1 aromatic heterocycles. The van der Waals surface area contributed by atoms with Crippen molar-refractivity contribution in [3.05, 3.63) is 66.1 Å². The number of carbonyl (C=O) groups is 1. The molecule has 7 heteroatoms. The standard InChI is InChI=1S/C20H18FN3O3/c21-15-7-5-14(6-8-15)19-16(13-22-27-19)20(25)23-17-3-1-2-4-18(17)24-9-11-26-12-10-24/h1-8,13H,9-12H2,(H,23,25). The van der Waals surface area contributed by atoms with E-state index in [0.717, 1.165) is 18.8 Å². The van der Waals surface area contributed by atoms with Gasteiger partial charge in [0.2, 0.25) is 0 Å². The summed E-state index contributed by atoms with van der Waals surface area (Å²) in [4.78, 5) is 15.0. The van der Waals surface area contributed by atoms with E-state index >= 15 is 0 Å². The number of carbonyl (C=O) groups excluding carboxylic acids is 1. The third kappa shape index (κ3) is 3.68. The van der Waals surface area contributed by atoms with Gasteiger partial charge in [-0.2, -0.15) is 0 Å². The summed E-state index contributed by atoms with van der Waals surface area (Å²) < 4.78 is 23.8. The van der Waals surface area contributed by atoms with Crippen LogP contribution in [0.15, 0.2) is 59.3 Å². The van der Waals surface area contributed by atoms with Gasteiger partial charge >= 0.3 is 0 Å². The molecule has 3 aromatic rings. The fraction of sp³-hybridized carbons (Fsp3) is 0.200. The lowest BCUT2D eigenvalue weighted by Gasteiger charge is -2.30. The SMILES string of the molecule is O=C(Nc1ccccc1N1CCOCC1)c1cnoc1-c1ccc(F)cc1. The maximum Gasteiger partial charge on any atom is 0.261 e. The Morgan fingerprint density at radius 1 is 1.07 bits per heavy atom. The molecular formula is C20H18FN3O3. The van der Waals surface area contributed by atoms with Crippen LogP contribution in [0.1, 0.15) is 10.4 Å². The molecule has 1 N–H and O–H groups in total. The molecule has 0 radical (unpaired) electrons. The fourth-order valence-electron chi connectivity index (χ4n) is 3.06. The number of para-hydroxylation sites is 2.